The minimum absolute atomic E-state index is 0.0972. The van der Waals surface area contributed by atoms with Crippen molar-refractivity contribution >= 4 is 16.9 Å². The Hall–Kier alpha value is -1.85. The average Bonchev–Trinajstić information content (AvgIpc) is 3.31. The van der Waals surface area contributed by atoms with E-state index in [1.54, 1.807) is 17.4 Å². The Labute approximate surface area is 187 Å². The van der Waals surface area contributed by atoms with Crippen LogP contribution in [0.2, 0.25) is 0 Å². The summed E-state index contributed by atoms with van der Waals surface area (Å²) in [7, 11) is 0. The van der Waals surface area contributed by atoms with Gasteiger partial charge in [0.15, 0.2) is 11.5 Å². The molecule has 4 nitrogen and oxygen atoms in total. The number of thiazole rings is 1. The maximum Gasteiger partial charge on any atom is 0.158 e. The van der Waals surface area contributed by atoms with Crippen molar-refractivity contribution in [3.8, 4) is 22.1 Å². The van der Waals surface area contributed by atoms with Crippen LogP contribution >= 0.6 is 11.3 Å². The van der Waals surface area contributed by atoms with E-state index in [0.29, 0.717) is 17.8 Å². The highest BCUT2D eigenvalue weighted by Gasteiger charge is 2.58. The lowest BCUT2D eigenvalue weighted by Gasteiger charge is -2.56. The van der Waals surface area contributed by atoms with E-state index in [4.69, 9.17) is 4.98 Å². The topological polar surface area (TPSA) is 73.6 Å². The highest BCUT2D eigenvalue weighted by atomic mass is 32.1. The van der Waals surface area contributed by atoms with E-state index in [1.807, 2.05) is 6.07 Å². The second-order valence-electron chi connectivity index (χ2n) is 10.8. The van der Waals surface area contributed by atoms with E-state index in [1.165, 1.54) is 35.1 Å². The minimum atomic E-state index is -0.125. The number of allylic oxidation sites excluding steroid dienone is 2. The van der Waals surface area contributed by atoms with Gasteiger partial charge < -0.3 is 15.3 Å². The summed E-state index contributed by atoms with van der Waals surface area (Å²) in [6.45, 7) is 4.83. The Morgan fingerprint density at radius 3 is 2.68 bits per heavy atom. The molecule has 0 spiro atoms. The number of rotatable bonds is 1. The van der Waals surface area contributed by atoms with E-state index in [0.717, 1.165) is 42.7 Å². The molecule has 2 aromatic rings. The van der Waals surface area contributed by atoms with E-state index in [-0.39, 0.29) is 28.4 Å². The lowest BCUT2D eigenvalue weighted by molar-refractivity contribution is -0.0579. The number of fused-ring (bicyclic) bond motifs is 7. The fourth-order valence-corrected chi connectivity index (χ4v) is 8.91. The smallest absolute Gasteiger partial charge is 0.158 e. The third-order valence-electron chi connectivity index (χ3n) is 9.46. The van der Waals surface area contributed by atoms with Gasteiger partial charge in [-0.1, -0.05) is 19.9 Å². The zero-order chi connectivity index (χ0) is 21.5. The van der Waals surface area contributed by atoms with Crippen LogP contribution in [0.3, 0.4) is 0 Å². The molecule has 0 saturated heterocycles. The molecule has 2 fully saturated rings. The first kappa shape index (κ1) is 19.8. The Morgan fingerprint density at radius 2 is 1.87 bits per heavy atom. The molecule has 0 unspecified atom stereocenters. The van der Waals surface area contributed by atoms with E-state index in [9.17, 15) is 15.3 Å². The fraction of sp³-hybridized carbons (Fsp3) is 0.577. The number of nitrogens with zero attached hydrogens (tertiary/aromatic N) is 1. The zero-order valence-electron chi connectivity index (χ0n) is 18.3. The van der Waals surface area contributed by atoms with Crippen molar-refractivity contribution in [1.29, 1.82) is 0 Å². The molecule has 164 valence electrons. The number of aliphatic hydroxyl groups excluding tert-OH is 1. The van der Waals surface area contributed by atoms with Gasteiger partial charge in [0.05, 0.1) is 16.7 Å². The molecule has 1 aromatic heterocycles. The van der Waals surface area contributed by atoms with Crippen LogP contribution in [0.5, 0.6) is 11.5 Å². The zero-order valence-corrected chi connectivity index (χ0v) is 19.1. The van der Waals surface area contributed by atoms with Gasteiger partial charge in [-0.3, -0.25) is 0 Å². The second-order valence-corrected chi connectivity index (χ2v) is 11.8. The first-order chi connectivity index (χ1) is 14.8. The number of hydrogen-bond acceptors (Lipinski definition) is 5. The predicted molar refractivity (Wildman–Crippen MR) is 123 cm³/mol. The number of aliphatic hydroxyl groups is 1. The van der Waals surface area contributed by atoms with Crippen LogP contribution in [-0.4, -0.2) is 26.4 Å². The summed E-state index contributed by atoms with van der Waals surface area (Å²) in [5, 5.41) is 31.2. The first-order valence-corrected chi connectivity index (χ1v) is 12.5. The van der Waals surface area contributed by atoms with Crippen molar-refractivity contribution in [2.24, 2.45) is 28.6 Å². The maximum atomic E-state index is 10.7. The molecular weight excluding hydrogens is 406 g/mol. The monoisotopic (exact) mass is 437 g/mol. The maximum absolute atomic E-state index is 10.7. The molecule has 31 heavy (non-hydrogen) atoms. The Bertz CT molecular complexity index is 1090. The second kappa shape index (κ2) is 6.58. The van der Waals surface area contributed by atoms with Crippen molar-refractivity contribution in [2.75, 3.05) is 0 Å². The summed E-state index contributed by atoms with van der Waals surface area (Å²) in [6.07, 6.45) is 10.2. The van der Waals surface area contributed by atoms with Crippen molar-refractivity contribution in [1.82, 2.24) is 4.98 Å². The lowest BCUT2D eigenvalue weighted by atomic mass is 9.48. The van der Waals surface area contributed by atoms with Crippen LogP contribution in [0.1, 0.15) is 62.9 Å². The van der Waals surface area contributed by atoms with Gasteiger partial charge in [-0.25, -0.2) is 4.98 Å². The number of phenolic OH excluding ortho intramolecular Hbond substituents is 2. The van der Waals surface area contributed by atoms with Gasteiger partial charge in [0.1, 0.15) is 5.01 Å². The Balaban J connectivity index is 1.38. The number of aryl methyl sites for hydroxylation is 1. The third-order valence-corrected chi connectivity index (χ3v) is 10.6. The quantitative estimate of drug-likeness (QED) is 0.496. The Kier molecular flexibility index (Phi) is 4.21. The van der Waals surface area contributed by atoms with Crippen molar-refractivity contribution in [2.45, 2.75) is 64.9 Å². The summed E-state index contributed by atoms with van der Waals surface area (Å²) < 4.78 is 0. The van der Waals surface area contributed by atoms with Crippen LogP contribution in [0.15, 0.2) is 24.3 Å². The van der Waals surface area contributed by atoms with Crippen LogP contribution in [-0.2, 0) is 6.42 Å². The van der Waals surface area contributed by atoms with Gasteiger partial charge in [0.2, 0.25) is 0 Å². The van der Waals surface area contributed by atoms with Crippen LogP contribution in [0, 0.1) is 28.6 Å². The highest BCUT2D eigenvalue weighted by molar-refractivity contribution is 7.16. The molecule has 0 radical (unpaired) electrons. The standard InChI is InChI=1S/C26H31NO3S/c1-25-12-10-19-23(31-24(27-19)14-3-7-20(28)21(29)13-14)18(25)5-4-15-16-6-8-22(30)26(16,2)11-9-17(15)25/h3,5,7,13,15-17,22,28-30H,4,6,8-12H2,1-2H3/t15-,16-,17-,22-,25+,26-/m0/s1. The number of aromatic hydroxyl groups is 2. The van der Waals surface area contributed by atoms with E-state index >= 15 is 0 Å². The first-order valence-electron chi connectivity index (χ1n) is 11.7. The summed E-state index contributed by atoms with van der Waals surface area (Å²) in [6, 6.07) is 4.98. The fourth-order valence-electron chi connectivity index (χ4n) is 7.63. The third kappa shape index (κ3) is 2.65. The normalized spacial score (nSPS) is 38.6. The van der Waals surface area contributed by atoms with E-state index in [2.05, 4.69) is 19.9 Å². The molecule has 5 heteroatoms. The van der Waals surface area contributed by atoms with Crippen molar-refractivity contribution in [3.05, 3.63) is 34.8 Å². The van der Waals surface area contributed by atoms with Gasteiger partial charge in [-0.2, -0.15) is 0 Å². The minimum Gasteiger partial charge on any atom is -0.504 e. The number of aromatic nitrogens is 1. The SMILES string of the molecule is C[C@]12CC[C@H]3[C@@H](CC=C4c5sc(-c6ccc(O)c(O)c6)nc5CC[C@@]43C)[C@@H]1CC[C@@H]2O. The molecule has 0 bridgehead atoms. The van der Waals surface area contributed by atoms with Crippen LogP contribution in [0.4, 0.5) is 0 Å². The van der Waals surface area contributed by atoms with Crippen molar-refractivity contribution < 1.29 is 15.3 Å². The molecule has 0 aliphatic heterocycles. The summed E-state index contributed by atoms with van der Waals surface area (Å²) in [4.78, 5) is 6.27. The van der Waals surface area contributed by atoms with Gasteiger partial charge in [-0.15, -0.1) is 11.3 Å². The van der Waals surface area contributed by atoms with Gasteiger partial charge in [0.25, 0.3) is 0 Å². The predicted octanol–water partition coefficient (Wildman–Crippen LogP) is 5.76. The molecule has 1 aromatic carbocycles. The highest BCUT2D eigenvalue weighted by Crippen LogP contribution is 2.66. The van der Waals surface area contributed by atoms with Crippen LogP contribution < -0.4 is 0 Å². The molecule has 4 aliphatic carbocycles. The molecular formula is C26H31NO3S. The van der Waals surface area contributed by atoms with Gasteiger partial charge in [-0.05, 0) is 97.3 Å². The summed E-state index contributed by atoms with van der Waals surface area (Å²) >= 11 is 1.73. The molecule has 2 saturated carbocycles. The molecule has 0 amide bonds. The largest absolute Gasteiger partial charge is 0.504 e. The lowest BCUT2D eigenvalue weighted by Crippen LogP contribution is -2.50. The molecule has 3 N–H and O–H groups in total. The number of hydrogen-bond donors (Lipinski definition) is 3. The van der Waals surface area contributed by atoms with Crippen LogP contribution in [0.25, 0.3) is 16.1 Å². The number of phenols is 2. The Morgan fingerprint density at radius 1 is 1.03 bits per heavy atom. The van der Waals surface area contributed by atoms with E-state index < -0.39 is 0 Å². The molecule has 6 rings (SSSR count). The van der Waals surface area contributed by atoms with Crippen molar-refractivity contribution in [3.63, 3.8) is 0 Å². The van der Waals surface area contributed by atoms with Gasteiger partial charge >= 0.3 is 0 Å². The number of benzene rings is 1. The molecule has 6 atom stereocenters. The average molecular weight is 438 g/mol. The summed E-state index contributed by atoms with van der Waals surface area (Å²) in [5.74, 6) is 1.83. The van der Waals surface area contributed by atoms with Gasteiger partial charge in [0, 0.05) is 5.56 Å². The molecule has 4 aliphatic rings. The molecule has 1 heterocycles. The summed E-state index contributed by atoms with van der Waals surface area (Å²) in [5.41, 5.74) is 3.84.